The fourth-order valence-electron chi connectivity index (χ4n) is 4.16. The summed E-state index contributed by atoms with van der Waals surface area (Å²) in [6.45, 7) is 6.89. The van der Waals surface area contributed by atoms with Gasteiger partial charge in [-0.15, -0.1) is 0 Å². The van der Waals surface area contributed by atoms with Crippen molar-refractivity contribution in [1.29, 1.82) is 0 Å². The number of nitrogens with zero attached hydrogens (tertiary/aromatic N) is 3. The van der Waals surface area contributed by atoms with Crippen molar-refractivity contribution in [3.63, 3.8) is 0 Å². The van der Waals surface area contributed by atoms with Gasteiger partial charge in [0.1, 0.15) is 17.5 Å². The normalized spacial score (nSPS) is 24.3. The second kappa shape index (κ2) is 7.07. The Morgan fingerprint density at radius 1 is 1.11 bits per heavy atom. The Morgan fingerprint density at radius 2 is 1.79 bits per heavy atom. The van der Waals surface area contributed by atoms with Crippen LogP contribution in [0.3, 0.4) is 0 Å². The zero-order chi connectivity index (χ0) is 19.9. The number of fused-ring (bicyclic) bond motifs is 1. The second-order valence-electron chi connectivity index (χ2n) is 7.93. The minimum absolute atomic E-state index is 0.0159. The van der Waals surface area contributed by atoms with Crippen LogP contribution in [0.2, 0.25) is 0 Å². The monoisotopic (exact) mass is 383 g/mol. The highest BCUT2D eigenvalue weighted by Crippen LogP contribution is 2.44. The van der Waals surface area contributed by atoms with Gasteiger partial charge in [-0.3, -0.25) is 15.0 Å². The number of aliphatic hydroxyl groups excluding tert-OH is 1. The van der Waals surface area contributed by atoms with Crippen LogP contribution in [0.5, 0.6) is 5.75 Å². The summed E-state index contributed by atoms with van der Waals surface area (Å²) in [7, 11) is 0. The Kier molecular flexibility index (Phi) is 4.72. The van der Waals surface area contributed by atoms with Crippen LogP contribution in [-0.4, -0.2) is 52.8 Å². The molecule has 4 rings (SSSR count). The fourth-order valence-corrected chi connectivity index (χ4v) is 4.16. The minimum atomic E-state index is -0.787. The molecule has 28 heavy (non-hydrogen) atoms. The number of rotatable bonds is 3. The van der Waals surface area contributed by atoms with E-state index in [1.165, 1.54) is 11.8 Å². The molecule has 2 aliphatic heterocycles. The van der Waals surface area contributed by atoms with Crippen molar-refractivity contribution in [3.8, 4) is 5.75 Å². The van der Waals surface area contributed by atoms with Gasteiger partial charge in [0.2, 0.25) is 0 Å². The molecule has 2 aliphatic rings. The fraction of sp³-hybridized carbons (Fsp3) is 0.429. The Morgan fingerprint density at radius 3 is 2.43 bits per heavy atom. The molecule has 2 atom stereocenters. The maximum Gasteiger partial charge on any atom is 0.270 e. The Bertz CT molecular complexity index is 863. The second-order valence-corrected chi connectivity index (χ2v) is 7.93. The van der Waals surface area contributed by atoms with Gasteiger partial charge in [-0.05, 0) is 32.0 Å². The predicted octanol–water partition coefficient (Wildman–Crippen LogP) is 2.99. The van der Waals surface area contributed by atoms with E-state index >= 15 is 0 Å². The SMILES string of the molecule is CC1(C)Oc2ccc([N+](=O)[O-])cc2[C@@H](N2CCN(c3ccccc3)CC2)[C@@H]1O. The number of benzene rings is 2. The highest BCUT2D eigenvalue weighted by Gasteiger charge is 2.46. The molecule has 148 valence electrons. The van der Waals surface area contributed by atoms with Crippen LogP contribution in [0.1, 0.15) is 25.5 Å². The number of non-ortho nitro benzene ring substituents is 1. The maximum atomic E-state index is 11.3. The largest absolute Gasteiger partial charge is 0.485 e. The Labute approximate surface area is 164 Å². The van der Waals surface area contributed by atoms with Crippen molar-refractivity contribution >= 4 is 11.4 Å². The van der Waals surface area contributed by atoms with Crippen LogP contribution in [0.4, 0.5) is 11.4 Å². The summed E-state index contributed by atoms with van der Waals surface area (Å²) in [5, 5.41) is 22.3. The molecule has 1 N–H and O–H groups in total. The highest BCUT2D eigenvalue weighted by molar-refractivity contribution is 5.49. The average molecular weight is 383 g/mol. The van der Waals surface area contributed by atoms with Crippen molar-refractivity contribution < 1.29 is 14.8 Å². The zero-order valence-electron chi connectivity index (χ0n) is 16.1. The maximum absolute atomic E-state index is 11.3. The number of anilines is 1. The van der Waals surface area contributed by atoms with E-state index in [-0.39, 0.29) is 11.7 Å². The van der Waals surface area contributed by atoms with E-state index in [4.69, 9.17) is 4.74 Å². The molecule has 2 aromatic rings. The number of aliphatic hydroxyl groups is 1. The molecule has 0 bridgehead atoms. The van der Waals surface area contributed by atoms with Gasteiger partial charge in [0, 0.05) is 49.6 Å². The molecule has 1 saturated heterocycles. The van der Waals surface area contributed by atoms with Gasteiger partial charge >= 0.3 is 0 Å². The number of piperazine rings is 1. The number of nitro groups is 1. The topological polar surface area (TPSA) is 79.1 Å². The van der Waals surface area contributed by atoms with Crippen molar-refractivity contribution in [2.75, 3.05) is 31.1 Å². The third kappa shape index (κ3) is 3.31. The Hall–Kier alpha value is -2.64. The lowest BCUT2D eigenvalue weighted by atomic mass is 9.85. The molecule has 0 aromatic heterocycles. The summed E-state index contributed by atoms with van der Waals surface area (Å²) in [5.41, 5.74) is 1.12. The average Bonchev–Trinajstić information content (AvgIpc) is 2.69. The molecule has 0 unspecified atom stereocenters. The van der Waals surface area contributed by atoms with Crippen molar-refractivity contribution in [2.45, 2.75) is 31.6 Å². The number of nitro benzene ring substituents is 1. The number of para-hydroxylation sites is 1. The highest BCUT2D eigenvalue weighted by atomic mass is 16.6. The van der Waals surface area contributed by atoms with E-state index in [0.717, 1.165) is 26.2 Å². The first-order valence-corrected chi connectivity index (χ1v) is 9.56. The third-order valence-electron chi connectivity index (χ3n) is 5.74. The van der Waals surface area contributed by atoms with Crippen molar-refractivity contribution in [1.82, 2.24) is 4.90 Å². The lowest BCUT2D eigenvalue weighted by Gasteiger charge is -2.48. The summed E-state index contributed by atoms with van der Waals surface area (Å²) in [5.74, 6) is 0.608. The molecular weight excluding hydrogens is 358 g/mol. The summed E-state index contributed by atoms with van der Waals surface area (Å²) in [6.07, 6.45) is -0.787. The van der Waals surface area contributed by atoms with Gasteiger partial charge < -0.3 is 14.7 Å². The number of ether oxygens (including phenoxy) is 1. The van der Waals surface area contributed by atoms with E-state index in [1.807, 2.05) is 32.0 Å². The van der Waals surface area contributed by atoms with E-state index in [1.54, 1.807) is 12.1 Å². The first-order valence-electron chi connectivity index (χ1n) is 9.56. The first-order chi connectivity index (χ1) is 13.4. The quantitative estimate of drug-likeness (QED) is 0.648. The van der Waals surface area contributed by atoms with Crippen LogP contribution in [0.25, 0.3) is 0 Å². The van der Waals surface area contributed by atoms with Gasteiger partial charge in [-0.2, -0.15) is 0 Å². The first kappa shape index (κ1) is 18.7. The molecule has 2 heterocycles. The lowest BCUT2D eigenvalue weighted by Crippen LogP contribution is -2.57. The molecule has 7 heteroatoms. The molecule has 0 saturated carbocycles. The van der Waals surface area contributed by atoms with Crippen LogP contribution >= 0.6 is 0 Å². The van der Waals surface area contributed by atoms with E-state index in [2.05, 4.69) is 21.9 Å². The van der Waals surface area contributed by atoms with Crippen LogP contribution in [0, 0.1) is 10.1 Å². The Balaban J connectivity index is 1.62. The van der Waals surface area contributed by atoms with Crippen LogP contribution in [0.15, 0.2) is 48.5 Å². The van der Waals surface area contributed by atoms with Crippen molar-refractivity contribution in [2.24, 2.45) is 0 Å². The van der Waals surface area contributed by atoms with E-state index in [0.29, 0.717) is 11.3 Å². The number of hydrogen-bond acceptors (Lipinski definition) is 6. The standard InChI is InChI=1S/C21H25N3O4/c1-21(2)20(25)19(17-14-16(24(26)27)8-9-18(17)28-21)23-12-10-22(11-13-23)15-6-4-3-5-7-15/h3-9,14,19-20,25H,10-13H2,1-2H3/t19-,20+/m1/s1. The lowest BCUT2D eigenvalue weighted by molar-refractivity contribution is -0.385. The van der Waals surface area contributed by atoms with Gasteiger partial charge in [-0.1, -0.05) is 18.2 Å². The zero-order valence-corrected chi connectivity index (χ0v) is 16.1. The summed E-state index contributed by atoms with van der Waals surface area (Å²) >= 11 is 0. The van der Waals surface area contributed by atoms with Crippen molar-refractivity contribution in [3.05, 3.63) is 64.2 Å². The van der Waals surface area contributed by atoms with Gasteiger partial charge in [0.25, 0.3) is 5.69 Å². The van der Waals surface area contributed by atoms with Gasteiger partial charge in [0.05, 0.1) is 11.0 Å². The molecule has 0 aliphatic carbocycles. The molecule has 7 nitrogen and oxygen atoms in total. The molecule has 1 fully saturated rings. The van der Waals surface area contributed by atoms with Gasteiger partial charge in [0.15, 0.2) is 0 Å². The smallest absolute Gasteiger partial charge is 0.270 e. The predicted molar refractivity (Wildman–Crippen MR) is 107 cm³/mol. The molecule has 0 spiro atoms. The summed E-state index contributed by atoms with van der Waals surface area (Å²) < 4.78 is 5.97. The van der Waals surface area contributed by atoms with Gasteiger partial charge in [-0.25, -0.2) is 0 Å². The molecular formula is C21H25N3O4. The van der Waals surface area contributed by atoms with Crippen LogP contribution < -0.4 is 9.64 Å². The molecule has 2 aromatic carbocycles. The van der Waals surface area contributed by atoms with E-state index < -0.39 is 16.6 Å². The third-order valence-corrected chi connectivity index (χ3v) is 5.74. The minimum Gasteiger partial charge on any atom is -0.485 e. The summed E-state index contributed by atoms with van der Waals surface area (Å²) in [6, 6.07) is 14.6. The van der Waals surface area contributed by atoms with Crippen LogP contribution in [-0.2, 0) is 0 Å². The molecule has 0 amide bonds. The molecule has 0 radical (unpaired) electrons. The summed E-state index contributed by atoms with van der Waals surface area (Å²) in [4.78, 5) is 15.4. The van der Waals surface area contributed by atoms with E-state index in [9.17, 15) is 15.2 Å². The number of hydrogen-bond donors (Lipinski definition) is 1.